The van der Waals surface area contributed by atoms with Crippen molar-refractivity contribution in [2.24, 2.45) is 5.84 Å². The number of nitrogens with two attached hydrogens (primary N) is 1. The number of aromatic nitrogens is 4. The first-order chi connectivity index (χ1) is 9.88. The van der Waals surface area contributed by atoms with Crippen LogP contribution in [0.1, 0.15) is 5.56 Å². The molecule has 0 saturated heterocycles. The van der Waals surface area contributed by atoms with E-state index in [9.17, 15) is 0 Å². The fourth-order valence-electron chi connectivity index (χ4n) is 2.13. The van der Waals surface area contributed by atoms with E-state index in [1.54, 1.807) is 0 Å². The van der Waals surface area contributed by atoms with Gasteiger partial charge in [-0.25, -0.2) is 5.10 Å². The molecule has 0 aliphatic rings. The van der Waals surface area contributed by atoms with E-state index in [1.807, 2.05) is 36.4 Å². The molecule has 0 atom stereocenters. The van der Waals surface area contributed by atoms with Crippen LogP contribution in [0.5, 0.6) is 0 Å². The van der Waals surface area contributed by atoms with E-state index < -0.39 is 0 Å². The molecule has 1 aromatic heterocycles. The van der Waals surface area contributed by atoms with Crippen molar-refractivity contribution in [3.05, 3.63) is 54.1 Å². The van der Waals surface area contributed by atoms with Gasteiger partial charge >= 0.3 is 0 Å². The molecule has 3 aromatic rings. The third-order valence-electron chi connectivity index (χ3n) is 3.10. The number of hydrogen-bond donors (Lipinski definition) is 3. The zero-order valence-corrected chi connectivity index (χ0v) is 10.7. The van der Waals surface area contributed by atoms with E-state index in [2.05, 4.69) is 38.2 Å². The highest BCUT2D eigenvalue weighted by molar-refractivity contribution is 5.80. The molecule has 0 aliphatic carbocycles. The van der Waals surface area contributed by atoms with Gasteiger partial charge in [0.05, 0.1) is 0 Å². The Kier molecular flexibility index (Phi) is 3.49. The van der Waals surface area contributed by atoms with Crippen molar-refractivity contribution in [1.82, 2.24) is 26.0 Å². The summed E-state index contributed by atoms with van der Waals surface area (Å²) >= 11 is 0. The standard InChI is InChI=1S/C14H14N6/c15-16-9-10-5-7-11(8-6-10)12-3-1-2-4-13(12)14-17-19-20-18-14/h1-8,16H,9,15H2,(H,17,18,19,20). The largest absolute Gasteiger partial charge is 0.271 e. The van der Waals surface area contributed by atoms with Crippen molar-refractivity contribution in [3.8, 4) is 22.5 Å². The molecule has 3 rings (SSSR count). The van der Waals surface area contributed by atoms with Crippen LogP contribution in [0, 0.1) is 0 Å². The van der Waals surface area contributed by atoms with Gasteiger partial charge in [-0.1, -0.05) is 48.5 Å². The fourth-order valence-corrected chi connectivity index (χ4v) is 2.13. The third kappa shape index (κ3) is 2.42. The summed E-state index contributed by atoms with van der Waals surface area (Å²) in [5, 5.41) is 14.0. The maximum atomic E-state index is 5.32. The molecule has 0 aliphatic heterocycles. The van der Waals surface area contributed by atoms with E-state index in [0.717, 1.165) is 22.3 Å². The van der Waals surface area contributed by atoms with Crippen LogP contribution in [-0.2, 0) is 6.54 Å². The van der Waals surface area contributed by atoms with Crippen LogP contribution in [0.4, 0.5) is 0 Å². The number of tetrazole rings is 1. The average molecular weight is 266 g/mol. The molecule has 1 heterocycles. The number of nitrogens with one attached hydrogen (secondary N) is 2. The number of aromatic amines is 1. The molecular weight excluding hydrogens is 252 g/mol. The van der Waals surface area contributed by atoms with Gasteiger partial charge < -0.3 is 0 Å². The van der Waals surface area contributed by atoms with Crippen molar-refractivity contribution in [2.45, 2.75) is 6.54 Å². The van der Waals surface area contributed by atoms with E-state index in [0.29, 0.717) is 12.4 Å². The van der Waals surface area contributed by atoms with Crippen LogP contribution in [0.15, 0.2) is 48.5 Å². The Balaban J connectivity index is 2.02. The normalized spacial score (nSPS) is 10.7. The summed E-state index contributed by atoms with van der Waals surface area (Å²) in [7, 11) is 0. The minimum absolute atomic E-state index is 0.647. The van der Waals surface area contributed by atoms with E-state index in [4.69, 9.17) is 5.84 Å². The molecule has 6 nitrogen and oxygen atoms in total. The Morgan fingerprint density at radius 2 is 1.75 bits per heavy atom. The quantitative estimate of drug-likeness (QED) is 0.491. The third-order valence-corrected chi connectivity index (χ3v) is 3.10. The number of rotatable bonds is 4. The van der Waals surface area contributed by atoms with E-state index in [-0.39, 0.29) is 0 Å². The lowest BCUT2D eigenvalue weighted by atomic mass is 9.98. The molecule has 0 radical (unpaired) electrons. The summed E-state index contributed by atoms with van der Waals surface area (Å²) in [6.45, 7) is 0.647. The maximum Gasteiger partial charge on any atom is 0.180 e. The number of nitrogens with zero attached hydrogens (tertiary/aromatic N) is 3. The number of benzene rings is 2. The van der Waals surface area contributed by atoms with Crippen molar-refractivity contribution < 1.29 is 0 Å². The smallest absolute Gasteiger partial charge is 0.180 e. The lowest BCUT2D eigenvalue weighted by Gasteiger charge is -2.08. The SMILES string of the molecule is NNCc1ccc(-c2ccccc2-c2nnn[nH]2)cc1. The highest BCUT2D eigenvalue weighted by atomic mass is 15.5. The van der Waals surface area contributed by atoms with Gasteiger partial charge in [-0.15, -0.1) is 5.10 Å². The zero-order valence-electron chi connectivity index (χ0n) is 10.7. The monoisotopic (exact) mass is 266 g/mol. The zero-order chi connectivity index (χ0) is 13.8. The molecule has 6 heteroatoms. The highest BCUT2D eigenvalue weighted by Crippen LogP contribution is 2.29. The Labute approximate surface area is 116 Å². The predicted octanol–water partition coefficient (Wildman–Crippen LogP) is 1.50. The second-order valence-corrected chi connectivity index (χ2v) is 4.37. The fraction of sp³-hybridized carbons (Fsp3) is 0.0714. The summed E-state index contributed by atoms with van der Waals surface area (Å²) in [4.78, 5) is 0. The molecular formula is C14H14N6. The van der Waals surface area contributed by atoms with Crippen LogP contribution < -0.4 is 11.3 Å². The average Bonchev–Trinajstić information content (AvgIpc) is 3.03. The summed E-state index contributed by atoms with van der Waals surface area (Å²) in [6, 6.07) is 16.2. The Morgan fingerprint density at radius 3 is 2.40 bits per heavy atom. The molecule has 0 unspecified atom stereocenters. The first-order valence-corrected chi connectivity index (χ1v) is 6.24. The van der Waals surface area contributed by atoms with Crippen molar-refractivity contribution >= 4 is 0 Å². The second kappa shape index (κ2) is 5.60. The molecule has 0 saturated carbocycles. The van der Waals surface area contributed by atoms with Gasteiger partial charge in [0.1, 0.15) is 0 Å². The van der Waals surface area contributed by atoms with Crippen LogP contribution in [-0.4, -0.2) is 20.6 Å². The summed E-state index contributed by atoms with van der Waals surface area (Å²) < 4.78 is 0. The van der Waals surface area contributed by atoms with Gasteiger partial charge in [-0.3, -0.25) is 11.3 Å². The van der Waals surface area contributed by atoms with Crippen LogP contribution in [0.25, 0.3) is 22.5 Å². The van der Waals surface area contributed by atoms with Crippen molar-refractivity contribution in [1.29, 1.82) is 0 Å². The number of hydrogen-bond acceptors (Lipinski definition) is 5. The molecule has 0 bridgehead atoms. The van der Waals surface area contributed by atoms with E-state index >= 15 is 0 Å². The number of hydrazine groups is 1. The Hall–Kier alpha value is -2.57. The van der Waals surface area contributed by atoms with E-state index in [1.165, 1.54) is 0 Å². The van der Waals surface area contributed by atoms with Gasteiger partial charge in [0.2, 0.25) is 0 Å². The van der Waals surface area contributed by atoms with Crippen LogP contribution in [0.3, 0.4) is 0 Å². The van der Waals surface area contributed by atoms with Gasteiger partial charge in [0.25, 0.3) is 0 Å². The molecule has 100 valence electrons. The topological polar surface area (TPSA) is 92.5 Å². The maximum absolute atomic E-state index is 5.32. The van der Waals surface area contributed by atoms with Crippen LogP contribution in [0.2, 0.25) is 0 Å². The summed E-state index contributed by atoms with van der Waals surface area (Å²) in [6.07, 6.45) is 0. The van der Waals surface area contributed by atoms with Crippen molar-refractivity contribution in [2.75, 3.05) is 0 Å². The molecule has 0 spiro atoms. The first-order valence-electron chi connectivity index (χ1n) is 6.24. The molecule has 0 amide bonds. The predicted molar refractivity (Wildman–Crippen MR) is 76.1 cm³/mol. The first kappa shape index (κ1) is 12.5. The number of H-pyrrole nitrogens is 1. The summed E-state index contributed by atoms with van der Waals surface area (Å²) in [5.74, 6) is 5.98. The van der Waals surface area contributed by atoms with Gasteiger partial charge in [0, 0.05) is 12.1 Å². The summed E-state index contributed by atoms with van der Waals surface area (Å²) in [5.41, 5.74) is 6.94. The van der Waals surface area contributed by atoms with Gasteiger partial charge in [-0.2, -0.15) is 0 Å². The van der Waals surface area contributed by atoms with Crippen LogP contribution >= 0.6 is 0 Å². The minimum Gasteiger partial charge on any atom is -0.271 e. The second-order valence-electron chi connectivity index (χ2n) is 4.37. The van der Waals surface area contributed by atoms with Gasteiger partial charge in [-0.05, 0) is 27.1 Å². The lowest BCUT2D eigenvalue weighted by molar-refractivity contribution is 0.741. The van der Waals surface area contributed by atoms with Crippen molar-refractivity contribution in [3.63, 3.8) is 0 Å². The highest BCUT2D eigenvalue weighted by Gasteiger charge is 2.09. The molecule has 4 N–H and O–H groups in total. The van der Waals surface area contributed by atoms with Gasteiger partial charge in [0.15, 0.2) is 5.82 Å². The lowest BCUT2D eigenvalue weighted by Crippen LogP contribution is -2.20. The molecule has 20 heavy (non-hydrogen) atoms. The Morgan fingerprint density at radius 1 is 1.00 bits per heavy atom. The molecule has 0 fully saturated rings. The minimum atomic E-state index is 0.647. The Bertz CT molecular complexity index is 675. The molecule has 2 aromatic carbocycles.